The molecule has 16 heavy (non-hydrogen) atoms. The maximum atomic E-state index is 9.52. The Bertz CT molecular complexity index is 548. The van der Waals surface area contributed by atoms with Crippen LogP contribution < -0.4 is 0 Å². The molecule has 0 fully saturated rings. The van der Waals surface area contributed by atoms with Crippen molar-refractivity contribution in [2.45, 2.75) is 0 Å². The highest BCUT2D eigenvalue weighted by Gasteiger charge is 2.01. The van der Waals surface area contributed by atoms with E-state index in [9.17, 15) is 10.2 Å². The minimum absolute atomic E-state index is 0.153. The molecular formula is C14H10O2. The van der Waals surface area contributed by atoms with E-state index < -0.39 is 0 Å². The van der Waals surface area contributed by atoms with Crippen molar-refractivity contribution < 1.29 is 10.2 Å². The van der Waals surface area contributed by atoms with Gasteiger partial charge in [0.1, 0.15) is 0 Å². The number of phenolic OH excluding ortho intramolecular Hbond substituents is 2. The summed E-state index contributed by atoms with van der Waals surface area (Å²) in [5.74, 6) is 5.39. The van der Waals surface area contributed by atoms with Crippen molar-refractivity contribution in [1.29, 1.82) is 0 Å². The average molecular weight is 210 g/mol. The molecule has 2 heteroatoms. The van der Waals surface area contributed by atoms with Crippen molar-refractivity contribution in [2.75, 3.05) is 0 Å². The summed E-state index contributed by atoms with van der Waals surface area (Å²) in [4.78, 5) is 0. The van der Waals surface area contributed by atoms with Gasteiger partial charge in [0.05, 0.1) is 5.56 Å². The number of aromatic hydroxyl groups is 2. The lowest BCUT2D eigenvalue weighted by molar-refractivity contribution is 0.403. The smallest absolute Gasteiger partial charge is 0.173 e. The van der Waals surface area contributed by atoms with Gasteiger partial charge in [-0.2, -0.15) is 0 Å². The van der Waals surface area contributed by atoms with Crippen LogP contribution in [-0.4, -0.2) is 10.2 Å². The molecule has 2 aromatic carbocycles. The molecule has 0 unspecified atom stereocenters. The number of hydrogen-bond donors (Lipinski definition) is 2. The standard InChI is InChI=1S/C14H10O2/c15-13-8-4-7-12(14(13)16)10-9-11-5-2-1-3-6-11/h1-8,15-16H. The molecule has 2 N–H and O–H groups in total. The Labute approximate surface area is 93.8 Å². The van der Waals surface area contributed by atoms with Crippen LogP contribution in [0.2, 0.25) is 0 Å². The van der Waals surface area contributed by atoms with E-state index in [1.54, 1.807) is 12.1 Å². The van der Waals surface area contributed by atoms with E-state index in [0.717, 1.165) is 5.56 Å². The molecule has 0 atom stereocenters. The topological polar surface area (TPSA) is 40.5 Å². The number of rotatable bonds is 0. The van der Waals surface area contributed by atoms with Crippen LogP contribution in [0.5, 0.6) is 11.5 Å². The first-order valence-electron chi connectivity index (χ1n) is 4.85. The lowest BCUT2D eigenvalue weighted by Crippen LogP contribution is -1.77. The molecule has 0 radical (unpaired) electrons. The first-order valence-corrected chi connectivity index (χ1v) is 4.85. The van der Waals surface area contributed by atoms with E-state index in [2.05, 4.69) is 11.8 Å². The van der Waals surface area contributed by atoms with E-state index in [1.165, 1.54) is 6.07 Å². The Balaban J connectivity index is 2.35. The molecule has 0 aromatic heterocycles. The van der Waals surface area contributed by atoms with Gasteiger partial charge in [-0.15, -0.1) is 0 Å². The Morgan fingerprint density at radius 3 is 2.25 bits per heavy atom. The van der Waals surface area contributed by atoms with Crippen molar-refractivity contribution >= 4 is 0 Å². The van der Waals surface area contributed by atoms with Crippen LogP contribution >= 0.6 is 0 Å². The highest BCUT2D eigenvalue weighted by Crippen LogP contribution is 2.27. The zero-order valence-corrected chi connectivity index (χ0v) is 8.51. The predicted molar refractivity (Wildman–Crippen MR) is 62.2 cm³/mol. The van der Waals surface area contributed by atoms with Gasteiger partial charge in [-0.3, -0.25) is 0 Å². The molecule has 0 aliphatic carbocycles. The van der Waals surface area contributed by atoms with Gasteiger partial charge in [-0.25, -0.2) is 0 Å². The zero-order valence-electron chi connectivity index (χ0n) is 8.51. The maximum Gasteiger partial charge on any atom is 0.173 e. The van der Waals surface area contributed by atoms with Crippen LogP contribution in [0, 0.1) is 11.8 Å². The number of hydrogen-bond acceptors (Lipinski definition) is 2. The van der Waals surface area contributed by atoms with Gasteiger partial charge in [0, 0.05) is 5.56 Å². The minimum Gasteiger partial charge on any atom is -0.504 e. The van der Waals surface area contributed by atoms with E-state index in [-0.39, 0.29) is 11.5 Å². The lowest BCUT2D eigenvalue weighted by atomic mass is 10.1. The van der Waals surface area contributed by atoms with Crippen molar-refractivity contribution in [3.05, 3.63) is 59.7 Å². The summed E-state index contributed by atoms with van der Waals surface area (Å²) < 4.78 is 0. The van der Waals surface area contributed by atoms with Gasteiger partial charge >= 0.3 is 0 Å². The van der Waals surface area contributed by atoms with Gasteiger partial charge in [0.15, 0.2) is 11.5 Å². The summed E-state index contributed by atoms with van der Waals surface area (Å²) in [7, 11) is 0. The second-order valence-corrected chi connectivity index (χ2v) is 3.29. The molecule has 0 aliphatic rings. The summed E-state index contributed by atoms with van der Waals surface area (Å²) in [6.07, 6.45) is 0. The van der Waals surface area contributed by atoms with Crippen molar-refractivity contribution in [2.24, 2.45) is 0 Å². The lowest BCUT2D eigenvalue weighted by Gasteiger charge is -1.98. The first kappa shape index (κ1) is 10.1. The zero-order chi connectivity index (χ0) is 11.4. The Hall–Kier alpha value is -2.40. The third-order valence-electron chi connectivity index (χ3n) is 2.13. The van der Waals surface area contributed by atoms with Gasteiger partial charge in [0.2, 0.25) is 0 Å². The second-order valence-electron chi connectivity index (χ2n) is 3.29. The summed E-state index contributed by atoms with van der Waals surface area (Å²) in [6, 6.07) is 14.2. The van der Waals surface area contributed by atoms with Gasteiger partial charge < -0.3 is 10.2 Å². The monoisotopic (exact) mass is 210 g/mol. The highest BCUT2D eigenvalue weighted by molar-refractivity contribution is 5.54. The van der Waals surface area contributed by atoms with Crippen molar-refractivity contribution in [1.82, 2.24) is 0 Å². The Morgan fingerprint density at radius 2 is 1.50 bits per heavy atom. The average Bonchev–Trinajstić information content (AvgIpc) is 2.32. The van der Waals surface area contributed by atoms with Crippen LogP contribution in [0.1, 0.15) is 11.1 Å². The summed E-state index contributed by atoms with van der Waals surface area (Å²) in [6.45, 7) is 0. The third kappa shape index (κ3) is 2.15. The molecule has 2 rings (SSSR count). The van der Waals surface area contributed by atoms with E-state index in [0.29, 0.717) is 5.56 Å². The summed E-state index contributed by atoms with van der Waals surface area (Å²) in [5, 5.41) is 18.8. The maximum absolute atomic E-state index is 9.52. The van der Waals surface area contributed by atoms with Crippen molar-refractivity contribution in [3.63, 3.8) is 0 Å². The van der Waals surface area contributed by atoms with Crippen LogP contribution in [-0.2, 0) is 0 Å². The summed E-state index contributed by atoms with van der Waals surface area (Å²) >= 11 is 0. The minimum atomic E-state index is -0.175. The molecular weight excluding hydrogens is 200 g/mol. The fourth-order valence-corrected chi connectivity index (χ4v) is 1.29. The molecule has 0 heterocycles. The molecule has 78 valence electrons. The van der Waals surface area contributed by atoms with Gasteiger partial charge in [-0.1, -0.05) is 36.1 Å². The summed E-state index contributed by atoms with van der Waals surface area (Å²) in [5.41, 5.74) is 1.29. The Kier molecular flexibility index (Phi) is 2.79. The predicted octanol–water partition coefficient (Wildman–Crippen LogP) is 2.50. The van der Waals surface area contributed by atoms with E-state index in [4.69, 9.17) is 0 Å². The van der Waals surface area contributed by atoms with E-state index >= 15 is 0 Å². The molecule has 2 nitrogen and oxygen atoms in total. The van der Waals surface area contributed by atoms with Crippen LogP contribution in [0.3, 0.4) is 0 Å². The van der Waals surface area contributed by atoms with Crippen molar-refractivity contribution in [3.8, 4) is 23.3 Å². The quantitative estimate of drug-likeness (QED) is 0.518. The third-order valence-corrected chi connectivity index (χ3v) is 2.13. The normalized spacial score (nSPS) is 9.25. The van der Waals surface area contributed by atoms with Crippen LogP contribution in [0.4, 0.5) is 0 Å². The Morgan fingerprint density at radius 1 is 0.750 bits per heavy atom. The molecule has 0 saturated carbocycles. The fourth-order valence-electron chi connectivity index (χ4n) is 1.29. The second kappa shape index (κ2) is 4.41. The molecule has 0 amide bonds. The molecule has 2 aromatic rings. The molecule has 0 saturated heterocycles. The van der Waals surface area contributed by atoms with Crippen LogP contribution in [0.15, 0.2) is 48.5 Å². The van der Waals surface area contributed by atoms with E-state index in [1.807, 2.05) is 30.3 Å². The largest absolute Gasteiger partial charge is 0.504 e. The number of phenols is 2. The first-order chi connectivity index (χ1) is 7.77. The highest BCUT2D eigenvalue weighted by atomic mass is 16.3. The molecule has 0 aliphatic heterocycles. The van der Waals surface area contributed by atoms with Gasteiger partial charge in [-0.05, 0) is 24.3 Å². The molecule has 0 bridgehead atoms. The molecule has 0 spiro atoms. The number of benzene rings is 2. The SMILES string of the molecule is Oc1cccc(C#Cc2ccccc2)c1O. The van der Waals surface area contributed by atoms with Crippen LogP contribution in [0.25, 0.3) is 0 Å². The fraction of sp³-hybridized carbons (Fsp3) is 0. The number of para-hydroxylation sites is 1. The van der Waals surface area contributed by atoms with Gasteiger partial charge in [0.25, 0.3) is 0 Å².